The van der Waals surface area contributed by atoms with Gasteiger partial charge in [-0.1, -0.05) is 29.8 Å². The van der Waals surface area contributed by atoms with Gasteiger partial charge in [-0.2, -0.15) is 0 Å². The van der Waals surface area contributed by atoms with E-state index < -0.39 is 0 Å². The minimum atomic E-state index is -0.246. The molecule has 2 aromatic rings. The van der Waals surface area contributed by atoms with Crippen molar-refractivity contribution in [2.45, 2.75) is 38.6 Å². The number of carbonyl (C=O) groups excluding carboxylic acids is 1. The first-order valence-corrected chi connectivity index (χ1v) is 9.12. The molecular formula is C21H24FN3O. The van der Waals surface area contributed by atoms with Crippen molar-refractivity contribution in [1.29, 1.82) is 0 Å². The molecule has 1 aromatic carbocycles. The van der Waals surface area contributed by atoms with E-state index in [1.807, 2.05) is 0 Å². The molecule has 4 nitrogen and oxygen atoms in total. The van der Waals surface area contributed by atoms with Crippen LogP contribution >= 0.6 is 0 Å². The molecule has 0 spiro atoms. The SMILES string of the molecule is O=C(NCCC1=CCCCC1)c1cc(NCc2ccccc2F)ccn1. The number of pyridine rings is 1. The third-order valence-electron chi connectivity index (χ3n) is 4.55. The summed E-state index contributed by atoms with van der Waals surface area (Å²) in [5.41, 5.74) is 3.12. The van der Waals surface area contributed by atoms with Gasteiger partial charge in [0.15, 0.2) is 0 Å². The zero-order chi connectivity index (χ0) is 18.2. The van der Waals surface area contributed by atoms with Crippen LogP contribution in [0.25, 0.3) is 0 Å². The fourth-order valence-corrected chi connectivity index (χ4v) is 3.06. The molecule has 26 heavy (non-hydrogen) atoms. The van der Waals surface area contributed by atoms with E-state index in [-0.39, 0.29) is 11.7 Å². The van der Waals surface area contributed by atoms with Crippen molar-refractivity contribution >= 4 is 11.6 Å². The van der Waals surface area contributed by atoms with Crippen molar-refractivity contribution in [2.24, 2.45) is 0 Å². The molecule has 0 unspecified atom stereocenters. The molecule has 0 atom stereocenters. The van der Waals surface area contributed by atoms with Crippen LogP contribution in [0.3, 0.4) is 0 Å². The molecule has 0 aliphatic heterocycles. The topological polar surface area (TPSA) is 54.0 Å². The van der Waals surface area contributed by atoms with E-state index >= 15 is 0 Å². The normalized spacial score (nSPS) is 13.8. The molecule has 1 heterocycles. The summed E-state index contributed by atoms with van der Waals surface area (Å²) in [6, 6.07) is 10.1. The molecule has 136 valence electrons. The summed E-state index contributed by atoms with van der Waals surface area (Å²) in [6.07, 6.45) is 9.59. The number of rotatable bonds is 7. The second-order valence-electron chi connectivity index (χ2n) is 6.49. The molecular weight excluding hydrogens is 329 g/mol. The predicted octanol–water partition coefficient (Wildman–Crippen LogP) is 4.45. The van der Waals surface area contributed by atoms with E-state index in [9.17, 15) is 9.18 Å². The maximum absolute atomic E-state index is 13.7. The number of carbonyl (C=O) groups is 1. The Morgan fingerprint density at radius 1 is 1.19 bits per heavy atom. The number of halogens is 1. The first kappa shape index (κ1) is 18.1. The summed E-state index contributed by atoms with van der Waals surface area (Å²) < 4.78 is 13.7. The van der Waals surface area contributed by atoms with Gasteiger partial charge in [0, 0.05) is 30.5 Å². The Hall–Kier alpha value is -2.69. The van der Waals surface area contributed by atoms with E-state index in [0.29, 0.717) is 24.3 Å². The maximum Gasteiger partial charge on any atom is 0.269 e. The van der Waals surface area contributed by atoms with Gasteiger partial charge in [-0.05, 0) is 50.3 Å². The minimum absolute atomic E-state index is 0.184. The number of nitrogens with one attached hydrogen (secondary N) is 2. The minimum Gasteiger partial charge on any atom is -0.381 e. The van der Waals surface area contributed by atoms with Gasteiger partial charge in [0.2, 0.25) is 0 Å². The van der Waals surface area contributed by atoms with Crippen LogP contribution < -0.4 is 10.6 Å². The fraction of sp³-hybridized carbons (Fsp3) is 0.333. The van der Waals surface area contributed by atoms with E-state index in [2.05, 4.69) is 21.7 Å². The van der Waals surface area contributed by atoms with Crippen LogP contribution in [0.15, 0.2) is 54.2 Å². The Morgan fingerprint density at radius 2 is 2.08 bits per heavy atom. The van der Waals surface area contributed by atoms with Gasteiger partial charge in [0.1, 0.15) is 11.5 Å². The number of allylic oxidation sites excluding steroid dienone is 1. The molecule has 0 saturated carbocycles. The number of aromatic nitrogens is 1. The van der Waals surface area contributed by atoms with Crippen LogP contribution in [0.2, 0.25) is 0 Å². The second kappa shape index (κ2) is 9.13. The molecule has 1 aliphatic carbocycles. The highest BCUT2D eigenvalue weighted by Crippen LogP contribution is 2.19. The lowest BCUT2D eigenvalue weighted by molar-refractivity contribution is 0.0949. The Kier molecular flexibility index (Phi) is 6.36. The Bertz CT molecular complexity index is 788. The van der Waals surface area contributed by atoms with Gasteiger partial charge in [-0.3, -0.25) is 9.78 Å². The molecule has 1 aromatic heterocycles. The molecule has 1 aliphatic rings. The molecule has 3 rings (SSSR count). The van der Waals surface area contributed by atoms with Crippen LogP contribution in [0.4, 0.5) is 10.1 Å². The quantitative estimate of drug-likeness (QED) is 0.723. The standard InChI is InChI=1S/C21H24FN3O/c22-19-9-5-4-8-17(19)15-25-18-11-13-23-20(14-18)21(26)24-12-10-16-6-2-1-3-7-16/h4-6,8-9,11,13-14H,1-3,7,10,12,15H2,(H,23,25)(H,24,26). The van der Waals surface area contributed by atoms with E-state index in [4.69, 9.17) is 0 Å². The lowest BCUT2D eigenvalue weighted by Crippen LogP contribution is -2.25. The number of hydrogen-bond acceptors (Lipinski definition) is 3. The van der Waals surface area contributed by atoms with Crippen molar-refractivity contribution in [3.05, 3.63) is 71.3 Å². The molecule has 1 amide bonds. The van der Waals surface area contributed by atoms with Gasteiger partial charge < -0.3 is 10.6 Å². The molecule has 0 fully saturated rings. The summed E-state index contributed by atoms with van der Waals surface area (Å²) >= 11 is 0. The van der Waals surface area contributed by atoms with Crippen LogP contribution in [0.5, 0.6) is 0 Å². The van der Waals surface area contributed by atoms with Crippen molar-refractivity contribution in [2.75, 3.05) is 11.9 Å². The number of anilines is 1. The average Bonchev–Trinajstić information content (AvgIpc) is 2.68. The lowest BCUT2D eigenvalue weighted by Gasteiger charge is -2.13. The Morgan fingerprint density at radius 3 is 2.88 bits per heavy atom. The van der Waals surface area contributed by atoms with Gasteiger partial charge in [0.25, 0.3) is 5.91 Å². The third-order valence-corrected chi connectivity index (χ3v) is 4.55. The summed E-state index contributed by atoms with van der Waals surface area (Å²) in [5.74, 6) is -0.431. The zero-order valence-electron chi connectivity index (χ0n) is 14.8. The van der Waals surface area contributed by atoms with Gasteiger partial charge in [-0.25, -0.2) is 4.39 Å². The van der Waals surface area contributed by atoms with Crippen molar-refractivity contribution < 1.29 is 9.18 Å². The lowest BCUT2D eigenvalue weighted by atomic mass is 9.97. The molecule has 0 saturated heterocycles. The summed E-state index contributed by atoms with van der Waals surface area (Å²) in [5, 5.41) is 6.06. The first-order chi connectivity index (χ1) is 12.7. The van der Waals surface area contributed by atoms with Gasteiger partial charge in [-0.15, -0.1) is 0 Å². The Balaban J connectivity index is 1.52. The van der Waals surface area contributed by atoms with Crippen LogP contribution in [-0.4, -0.2) is 17.4 Å². The third kappa shape index (κ3) is 5.15. The zero-order valence-corrected chi connectivity index (χ0v) is 14.8. The van der Waals surface area contributed by atoms with E-state index in [0.717, 1.165) is 24.9 Å². The molecule has 2 N–H and O–H groups in total. The van der Waals surface area contributed by atoms with Crippen LogP contribution in [-0.2, 0) is 6.54 Å². The summed E-state index contributed by atoms with van der Waals surface area (Å²) in [6.45, 7) is 0.977. The smallest absolute Gasteiger partial charge is 0.269 e. The van der Waals surface area contributed by atoms with E-state index in [1.54, 1.807) is 36.5 Å². The largest absolute Gasteiger partial charge is 0.381 e. The van der Waals surface area contributed by atoms with Crippen molar-refractivity contribution in [3.8, 4) is 0 Å². The summed E-state index contributed by atoms with van der Waals surface area (Å²) in [7, 11) is 0. The van der Waals surface area contributed by atoms with Crippen LogP contribution in [0, 0.1) is 5.82 Å². The second-order valence-corrected chi connectivity index (χ2v) is 6.49. The Labute approximate surface area is 153 Å². The number of amides is 1. The first-order valence-electron chi connectivity index (χ1n) is 9.12. The number of hydrogen-bond donors (Lipinski definition) is 2. The molecule has 0 bridgehead atoms. The monoisotopic (exact) mass is 353 g/mol. The highest BCUT2D eigenvalue weighted by Gasteiger charge is 2.09. The van der Waals surface area contributed by atoms with Crippen LogP contribution in [0.1, 0.15) is 48.2 Å². The predicted molar refractivity (Wildman–Crippen MR) is 101 cm³/mol. The number of benzene rings is 1. The molecule has 0 radical (unpaired) electrons. The maximum atomic E-state index is 13.7. The van der Waals surface area contributed by atoms with Gasteiger partial charge >= 0.3 is 0 Å². The highest BCUT2D eigenvalue weighted by atomic mass is 19.1. The number of nitrogens with zero attached hydrogens (tertiary/aromatic N) is 1. The fourth-order valence-electron chi connectivity index (χ4n) is 3.06. The van der Waals surface area contributed by atoms with E-state index in [1.165, 1.54) is 24.5 Å². The average molecular weight is 353 g/mol. The van der Waals surface area contributed by atoms with Gasteiger partial charge in [0.05, 0.1) is 0 Å². The van der Waals surface area contributed by atoms with Crippen molar-refractivity contribution in [3.63, 3.8) is 0 Å². The van der Waals surface area contributed by atoms with Crippen molar-refractivity contribution in [1.82, 2.24) is 10.3 Å². The summed E-state index contributed by atoms with van der Waals surface area (Å²) in [4.78, 5) is 16.4. The highest BCUT2D eigenvalue weighted by molar-refractivity contribution is 5.93. The molecule has 5 heteroatoms.